The van der Waals surface area contributed by atoms with E-state index in [1.165, 1.54) is 0 Å². The lowest BCUT2D eigenvalue weighted by molar-refractivity contribution is -0.127. The van der Waals surface area contributed by atoms with Crippen molar-refractivity contribution in [2.45, 2.75) is 33.0 Å². The van der Waals surface area contributed by atoms with Crippen LogP contribution in [0.1, 0.15) is 35.3 Å². The molecule has 2 amide bonds. The number of carbonyl (C=O) groups is 2. The average molecular weight is 507 g/mol. The van der Waals surface area contributed by atoms with E-state index in [1.807, 2.05) is 123 Å². The van der Waals surface area contributed by atoms with Gasteiger partial charge in [0.15, 0.2) is 0 Å². The van der Waals surface area contributed by atoms with Crippen LogP contribution in [-0.2, 0) is 17.9 Å². The highest BCUT2D eigenvalue weighted by Gasteiger charge is 2.33. The predicted molar refractivity (Wildman–Crippen MR) is 152 cm³/mol. The van der Waals surface area contributed by atoms with Crippen LogP contribution in [0.15, 0.2) is 109 Å². The third kappa shape index (κ3) is 6.68. The molecule has 0 heterocycles. The number of methoxy groups -OCH3 is 1. The lowest BCUT2D eigenvalue weighted by Gasteiger charge is -2.34. The number of benzene rings is 4. The summed E-state index contributed by atoms with van der Waals surface area (Å²) in [5, 5.41) is 3.05. The minimum atomic E-state index is -0.632. The summed E-state index contributed by atoms with van der Waals surface area (Å²) in [6, 6.07) is 34.3. The van der Waals surface area contributed by atoms with Gasteiger partial charge in [-0.25, -0.2) is 0 Å². The van der Waals surface area contributed by atoms with Crippen molar-refractivity contribution in [1.82, 2.24) is 10.2 Å². The number of nitrogens with zero attached hydrogens (tertiary/aromatic N) is 1. The third-order valence-corrected chi connectivity index (χ3v) is 6.56. The smallest absolute Gasteiger partial charge is 0.254 e. The number of rotatable bonds is 10. The van der Waals surface area contributed by atoms with Crippen molar-refractivity contribution in [3.63, 3.8) is 0 Å². The van der Waals surface area contributed by atoms with Crippen LogP contribution in [0.25, 0.3) is 11.1 Å². The van der Waals surface area contributed by atoms with Gasteiger partial charge in [0.2, 0.25) is 5.91 Å². The molecule has 5 nitrogen and oxygen atoms in total. The highest BCUT2D eigenvalue weighted by molar-refractivity contribution is 5.98. The minimum absolute atomic E-state index is 0.0861. The Morgan fingerprint density at radius 3 is 1.79 bits per heavy atom. The molecule has 5 heteroatoms. The normalized spacial score (nSPS) is 11.6. The molecule has 0 spiro atoms. The van der Waals surface area contributed by atoms with Gasteiger partial charge in [0.25, 0.3) is 5.91 Å². The van der Waals surface area contributed by atoms with E-state index in [-0.39, 0.29) is 17.7 Å². The second kappa shape index (κ2) is 12.7. The molecule has 4 aromatic carbocycles. The third-order valence-electron chi connectivity index (χ3n) is 6.56. The standard InChI is InChI=1S/C33H34N2O3/c1-24(2)31(32(36)34-22-25-10-6-4-7-11-25)35(23-26-12-8-5-9-13-26)33(37)29-16-14-27(15-17-29)28-18-20-30(38-3)21-19-28/h4-21,24,31H,22-23H2,1-3H3,(H,34,36). The molecule has 38 heavy (non-hydrogen) atoms. The van der Waals surface area contributed by atoms with Gasteiger partial charge in [0.1, 0.15) is 11.8 Å². The van der Waals surface area contributed by atoms with Crippen molar-refractivity contribution in [1.29, 1.82) is 0 Å². The number of amides is 2. The number of nitrogens with one attached hydrogen (secondary N) is 1. The first-order valence-corrected chi connectivity index (χ1v) is 12.9. The maximum Gasteiger partial charge on any atom is 0.254 e. The van der Waals surface area contributed by atoms with Gasteiger partial charge < -0.3 is 15.0 Å². The molecule has 0 saturated heterocycles. The summed E-state index contributed by atoms with van der Waals surface area (Å²) in [6.07, 6.45) is 0. The zero-order valence-electron chi connectivity index (χ0n) is 22.1. The largest absolute Gasteiger partial charge is 0.497 e. The molecule has 1 N–H and O–H groups in total. The number of hydrogen-bond acceptors (Lipinski definition) is 3. The molecule has 4 rings (SSSR count). The van der Waals surface area contributed by atoms with Gasteiger partial charge in [-0.3, -0.25) is 9.59 Å². The van der Waals surface area contributed by atoms with Crippen molar-refractivity contribution in [2.75, 3.05) is 7.11 Å². The molecule has 0 fully saturated rings. The maximum atomic E-state index is 13.9. The summed E-state index contributed by atoms with van der Waals surface area (Å²) in [6.45, 7) is 4.70. The molecule has 0 aliphatic heterocycles. The van der Waals surface area contributed by atoms with Crippen molar-refractivity contribution in [3.05, 3.63) is 126 Å². The summed E-state index contributed by atoms with van der Waals surface area (Å²) in [4.78, 5) is 29.1. The second-order valence-electron chi connectivity index (χ2n) is 9.62. The first kappa shape index (κ1) is 26.7. The van der Waals surface area contributed by atoms with Gasteiger partial charge >= 0.3 is 0 Å². The molecule has 1 unspecified atom stereocenters. The molecular formula is C33H34N2O3. The Balaban J connectivity index is 1.60. The van der Waals surface area contributed by atoms with Crippen LogP contribution >= 0.6 is 0 Å². The average Bonchev–Trinajstić information content (AvgIpc) is 2.96. The summed E-state index contributed by atoms with van der Waals surface area (Å²) >= 11 is 0. The van der Waals surface area contributed by atoms with Crippen LogP contribution in [0, 0.1) is 5.92 Å². The zero-order valence-corrected chi connectivity index (χ0v) is 22.1. The molecule has 0 saturated carbocycles. The van der Waals surface area contributed by atoms with E-state index in [1.54, 1.807) is 12.0 Å². The molecule has 0 aromatic heterocycles. The van der Waals surface area contributed by atoms with E-state index in [9.17, 15) is 9.59 Å². The van der Waals surface area contributed by atoms with E-state index in [2.05, 4.69) is 5.32 Å². The number of hydrogen-bond donors (Lipinski definition) is 1. The van der Waals surface area contributed by atoms with Crippen molar-refractivity contribution in [3.8, 4) is 16.9 Å². The fourth-order valence-electron chi connectivity index (χ4n) is 4.52. The minimum Gasteiger partial charge on any atom is -0.497 e. The molecule has 0 aliphatic rings. The fourth-order valence-corrected chi connectivity index (χ4v) is 4.52. The Bertz CT molecular complexity index is 1320. The Kier molecular flexibility index (Phi) is 8.94. The molecule has 0 aliphatic carbocycles. The fraction of sp³-hybridized carbons (Fsp3) is 0.212. The van der Waals surface area contributed by atoms with Gasteiger partial charge in [-0.15, -0.1) is 0 Å². The van der Waals surface area contributed by atoms with Gasteiger partial charge in [0, 0.05) is 18.7 Å². The van der Waals surface area contributed by atoms with E-state index < -0.39 is 6.04 Å². The quantitative estimate of drug-likeness (QED) is 0.273. The van der Waals surface area contributed by atoms with Gasteiger partial charge in [-0.05, 0) is 52.4 Å². The lowest BCUT2D eigenvalue weighted by Crippen LogP contribution is -2.51. The number of carbonyl (C=O) groups excluding carboxylic acids is 2. The first-order valence-electron chi connectivity index (χ1n) is 12.9. The van der Waals surface area contributed by atoms with Crippen molar-refractivity contribution < 1.29 is 14.3 Å². The second-order valence-corrected chi connectivity index (χ2v) is 9.62. The van der Waals surface area contributed by atoms with Crippen LogP contribution < -0.4 is 10.1 Å². The Labute approximate surface area is 225 Å². The predicted octanol–water partition coefficient (Wildman–Crippen LogP) is 6.35. The van der Waals surface area contributed by atoms with E-state index >= 15 is 0 Å². The highest BCUT2D eigenvalue weighted by Crippen LogP contribution is 2.25. The highest BCUT2D eigenvalue weighted by atomic mass is 16.5. The Morgan fingerprint density at radius 1 is 0.737 bits per heavy atom. The van der Waals surface area contributed by atoms with Crippen molar-refractivity contribution in [2.24, 2.45) is 5.92 Å². The van der Waals surface area contributed by atoms with Gasteiger partial charge in [-0.1, -0.05) is 98.8 Å². The zero-order chi connectivity index (χ0) is 26.9. The summed E-state index contributed by atoms with van der Waals surface area (Å²) < 4.78 is 5.25. The molecule has 194 valence electrons. The van der Waals surface area contributed by atoms with Gasteiger partial charge in [0.05, 0.1) is 7.11 Å². The van der Waals surface area contributed by atoms with Crippen LogP contribution in [0.5, 0.6) is 5.75 Å². The van der Waals surface area contributed by atoms with Crippen molar-refractivity contribution >= 4 is 11.8 Å². The Hall–Kier alpha value is -4.38. The summed E-state index contributed by atoms with van der Waals surface area (Å²) in [5.74, 6) is 0.367. The van der Waals surface area contributed by atoms with Crippen LogP contribution in [0.2, 0.25) is 0 Å². The van der Waals surface area contributed by atoms with Crippen LogP contribution in [-0.4, -0.2) is 29.9 Å². The summed E-state index contributed by atoms with van der Waals surface area (Å²) in [5.41, 5.74) is 4.56. The first-order chi connectivity index (χ1) is 18.5. The number of ether oxygens (including phenoxy) is 1. The van der Waals surface area contributed by atoms with Crippen LogP contribution in [0.4, 0.5) is 0 Å². The topological polar surface area (TPSA) is 58.6 Å². The van der Waals surface area contributed by atoms with Crippen LogP contribution in [0.3, 0.4) is 0 Å². The molecule has 0 bridgehead atoms. The SMILES string of the molecule is COc1ccc(-c2ccc(C(=O)N(Cc3ccccc3)C(C(=O)NCc3ccccc3)C(C)C)cc2)cc1. The molecule has 0 radical (unpaired) electrons. The molecule has 1 atom stereocenters. The van der Waals surface area contributed by atoms with E-state index in [0.29, 0.717) is 18.7 Å². The Morgan fingerprint density at radius 2 is 1.26 bits per heavy atom. The van der Waals surface area contributed by atoms with Gasteiger partial charge in [-0.2, -0.15) is 0 Å². The monoisotopic (exact) mass is 506 g/mol. The lowest BCUT2D eigenvalue weighted by atomic mass is 9.98. The van der Waals surface area contributed by atoms with E-state index in [0.717, 1.165) is 28.0 Å². The molecule has 4 aromatic rings. The van der Waals surface area contributed by atoms with E-state index in [4.69, 9.17) is 4.74 Å². The maximum absolute atomic E-state index is 13.9. The molecular weight excluding hydrogens is 472 g/mol. The summed E-state index contributed by atoms with van der Waals surface area (Å²) in [7, 11) is 1.64.